The highest BCUT2D eigenvalue weighted by Crippen LogP contribution is 2.18. The Labute approximate surface area is 128 Å². The van der Waals surface area contributed by atoms with Gasteiger partial charge in [-0.2, -0.15) is 0 Å². The molecule has 6 heteroatoms. The molecule has 0 saturated heterocycles. The number of carbonyl (C=O) groups excluding carboxylic acids is 2. The Hall–Kier alpha value is -2.60. The summed E-state index contributed by atoms with van der Waals surface area (Å²) in [6, 6.07) is 10.3. The number of benzene rings is 1. The van der Waals surface area contributed by atoms with Gasteiger partial charge in [0.05, 0.1) is 31.7 Å². The smallest absolute Gasteiger partial charge is 0.307 e. The van der Waals surface area contributed by atoms with E-state index >= 15 is 0 Å². The first-order chi connectivity index (χ1) is 10.6. The molecule has 0 aliphatic carbocycles. The van der Waals surface area contributed by atoms with Gasteiger partial charge >= 0.3 is 5.97 Å². The van der Waals surface area contributed by atoms with Gasteiger partial charge in [-0.1, -0.05) is 30.3 Å². The first-order valence-electron chi connectivity index (χ1n) is 6.84. The second-order valence-electron chi connectivity index (χ2n) is 4.72. The van der Waals surface area contributed by atoms with Crippen molar-refractivity contribution in [2.45, 2.75) is 19.0 Å². The number of methoxy groups -OCH3 is 1. The average Bonchev–Trinajstić information content (AvgIpc) is 3.04. The van der Waals surface area contributed by atoms with Crippen LogP contribution in [-0.4, -0.2) is 19.0 Å². The Bertz CT molecular complexity index is 637. The molecule has 6 nitrogen and oxygen atoms in total. The fourth-order valence-electron chi connectivity index (χ4n) is 2.04. The second-order valence-corrected chi connectivity index (χ2v) is 4.72. The highest BCUT2D eigenvalue weighted by molar-refractivity contribution is 5.94. The molecule has 0 bridgehead atoms. The van der Waals surface area contributed by atoms with Crippen LogP contribution in [0.2, 0.25) is 0 Å². The van der Waals surface area contributed by atoms with Gasteiger partial charge in [-0.15, -0.1) is 0 Å². The Morgan fingerprint density at radius 2 is 2.05 bits per heavy atom. The molecule has 22 heavy (non-hydrogen) atoms. The van der Waals surface area contributed by atoms with Gasteiger partial charge in [0, 0.05) is 0 Å². The van der Waals surface area contributed by atoms with E-state index in [1.807, 2.05) is 30.3 Å². The summed E-state index contributed by atoms with van der Waals surface area (Å²) in [7, 11) is 1.32. The summed E-state index contributed by atoms with van der Waals surface area (Å²) in [5.41, 5.74) is 6.64. The van der Waals surface area contributed by atoms with Crippen LogP contribution in [0.5, 0.6) is 0 Å². The lowest BCUT2D eigenvalue weighted by Crippen LogP contribution is -2.30. The van der Waals surface area contributed by atoms with Gasteiger partial charge in [0.1, 0.15) is 12.0 Å². The van der Waals surface area contributed by atoms with Crippen LogP contribution < -0.4 is 11.1 Å². The zero-order chi connectivity index (χ0) is 15.9. The molecule has 1 aromatic heterocycles. The quantitative estimate of drug-likeness (QED) is 0.793. The van der Waals surface area contributed by atoms with Crippen LogP contribution in [0.25, 0.3) is 0 Å². The number of hydrogen-bond acceptors (Lipinski definition) is 5. The van der Waals surface area contributed by atoms with Crippen molar-refractivity contribution < 1.29 is 18.7 Å². The minimum atomic E-state index is -0.475. The minimum absolute atomic E-state index is 0.0495. The molecule has 3 N–H and O–H groups in total. The molecule has 0 fully saturated rings. The van der Waals surface area contributed by atoms with Crippen molar-refractivity contribution in [1.82, 2.24) is 5.32 Å². The molecule has 1 atom stereocenters. The lowest BCUT2D eigenvalue weighted by Gasteiger charge is -2.17. The summed E-state index contributed by atoms with van der Waals surface area (Å²) in [5.74, 6) is -0.209. The molecule has 0 radical (unpaired) electrons. The zero-order valence-electron chi connectivity index (χ0n) is 12.2. The van der Waals surface area contributed by atoms with Crippen molar-refractivity contribution >= 4 is 11.9 Å². The molecular weight excluding hydrogens is 284 g/mol. The van der Waals surface area contributed by atoms with E-state index in [1.165, 1.54) is 13.4 Å². The van der Waals surface area contributed by atoms with Gasteiger partial charge in [0.2, 0.25) is 0 Å². The third kappa shape index (κ3) is 3.95. The van der Waals surface area contributed by atoms with Gasteiger partial charge in [0.15, 0.2) is 0 Å². The molecular formula is C16H18N2O4. The van der Waals surface area contributed by atoms with Crippen molar-refractivity contribution in [3.05, 3.63) is 59.5 Å². The van der Waals surface area contributed by atoms with E-state index in [0.717, 1.165) is 5.56 Å². The molecule has 1 amide bonds. The molecule has 116 valence electrons. The first kappa shape index (κ1) is 15.8. The summed E-state index contributed by atoms with van der Waals surface area (Å²) in [6.07, 6.45) is 1.39. The normalized spacial score (nSPS) is 11.7. The zero-order valence-corrected chi connectivity index (χ0v) is 12.2. The monoisotopic (exact) mass is 302 g/mol. The van der Waals surface area contributed by atoms with Gasteiger partial charge in [-0.05, 0) is 11.6 Å². The molecule has 0 saturated carbocycles. The maximum Gasteiger partial charge on any atom is 0.307 e. The number of furan rings is 1. The van der Waals surface area contributed by atoms with E-state index in [0.29, 0.717) is 11.3 Å². The predicted octanol–water partition coefficient (Wildman–Crippen LogP) is 1.77. The fraction of sp³-hybridized carbons (Fsp3) is 0.250. The number of nitrogens with one attached hydrogen (secondary N) is 1. The highest BCUT2D eigenvalue weighted by atomic mass is 16.5. The third-order valence-corrected chi connectivity index (χ3v) is 3.22. The lowest BCUT2D eigenvalue weighted by atomic mass is 10.0. The van der Waals surface area contributed by atoms with Gasteiger partial charge in [-0.25, -0.2) is 0 Å². The summed E-state index contributed by atoms with van der Waals surface area (Å²) in [5, 5.41) is 2.81. The number of hydrogen-bond donors (Lipinski definition) is 2. The van der Waals surface area contributed by atoms with Crippen molar-refractivity contribution in [2.75, 3.05) is 7.11 Å². The Kier molecular flexibility index (Phi) is 5.32. The average molecular weight is 302 g/mol. The maximum absolute atomic E-state index is 12.3. The minimum Gasteiger partial charge on any atom is -0.469 e. The summed E-state index contributed by atoms with van der Waals surface area (Å²) in [4.78, 5) is 23.8. The predicted molar refractivity (Wildman–Crippen MR) is 79.9 cm³/mol. The molecule has 2 rings (SSSR count). The molecule has 2 aromatic rings. The van der Waals surface area contributed by atoms with E-state index in [-0.39, 0.29) is 18.9 Å². The van der Waals surface area contributed by atoms with Gasteiger partial charge in [-0.3, -0.25) is 9.59 Å². The van der Waals surface area contributed by atoms with Gasteiger partial charge in [0.25, 0.3) is 5.91 Å². The van der Waals surface area contributed by atoms with Crippen molar-refractivity contribution in [3.63, 3.8) is 0 Å². The number of rotatable bonds is 6. The van der Waals surface area contributed by atoms with Crippen molar-refractivity contribution in [2.24, 2.45) is 5.73 Å². The van der Waals surface area contributed by atoms with E-state index in [4.69, 9.17) is 10.2 Å². The van der Waals surface area contributed by atoms with E-state index < -0.39 is 12.0 Å². The number of nitrogens with two attached hydrogens (primary N) is 1. The van der Waals surface area contributed by atoms with Crippen LogP contribution in [0.1, 0.15) is 34.1 Å². The maximum atomic E-state index is 12.3. The van der Waals surface area contributed by atoms with Crippen LogP contribution in [0.4, 0.5) is 0 Å². The number of carbonyl (C=O) groups is 2. The largest absolute Gasteiger partial charge is 0.469 e. The molecule has 0 aliphatic rings. The Balaban J connectivity index is 2.15. The molecule has 1 heterocycles. The van der Waals surface area contributed by atoms with Gasteiger partial charge < -0.3 is 20.2 Å². The molecule has 0 spiro atoms. The molecule has 0 aliphatic heterocycles. The number of amides is 1. The van der Waals surface area contributed by atoms with Crippen LogP contribution in [0.15, 0.2) is 47.1 Å². The van der Waals surface area contributed by atoms with Crippen LogP contribution in [0, 0.1) is 0 Å². The van der Waals surface area contributed by atoms with Crippen LogP contribution in [-0.2, 0) is 16.1 Å². The Morgan fingerprint density at radius 1 is 1.32 bits per heavy atom. The SMILES string of the molecule is COC(=O)CC(NC(=O)c1coc(CN)c1)c1ccccc1. The number of ether oxygens (including phenoxy) is 1. The van der Waals surface area contributed by atoms with Crippen molar-refractivity contribution in [3.8, 4) is 0 Å². The topological polar surface area (TPSA) is 94.6 Å². The Morgan fingerprint density at radius 3 is 2.64 bits per heavy atom. The summed E-state index contributed by atoms with van der Waals surface area (Å²) < 4.78 is 9.83. The van der Waals surface area contributed by atoms with E-state index in [2.05, 4.69) is 10.1 Å². The van der Waals surface area contributed by atoms with E-state index in [1.54, 1.807) is 6.07 Å². The summed E-state index contributed by atoms with van der Waals surface area (Å²) >= 11 is 0. The molecule has 1 aromatic carbocycles. The lowest BCUT2D eigenvalue weighted by molar-refractivity contribution is -0.141. The highest BCUT2D eigenvalue weighted by Gasteiger charge is 2.20. The third-order valence-electron chi connectivity index (χ3n) is 3.22. The fourth-order valence-corrected chi connectivity index (χ4v) is 2.04. The van der Waals surface area contributed by atoms with Crippen molar-refractivity contribution in [1.29, 1.82) is 0 Å². The molecule has 1 unspecified atom stereocenters. The standard InChI is InChI=1S/C16H18N2O4/c1-21-15(19)8-14(11-5-3-2-4-6-11)18-16(20)12-7-13(9-17)22-10-12/h2-7,10,14H,8-9,17H2,1H3,(H,18,20). The number of esters is 1. The van der Waals surface area contributed by atoms with Crippen LogP contribution in [0.3, 0.4) is 0 Å². The second kappa shape index (κ2) is 7.42. The van der Waals surface area contributed by atoms with E-state index in [9.17, 15) is 9.59 Å². The first-order valence-corrected chi connectivity index (χ1v) is 6.84. The summed E-state index contributed by atoms with van der Waals surface area (Å²) in [6.45, 7) is 0.220. The van der Waals surface area contributed by atoms with Crippen LogP contribution >= 0.6 is 0 Å².